The Kier molecular flexibility index (Phi) is 3.55. The van der Waals surface area contributed by atoms with E-state index in [1.54, 1.807) is 24.3 Å². The quantitative estimate of drug-likeness (QED) is 0.837. The number of para-hydroxylation sites is 2. The Labute approximate surface area is 128 Å². The fraction of sp³-hybridized carbons (Fsp3) is 0.176. The SMILES string of the molecule is Cc1ccc(NC(=O)[C@H]2Oc3ccccc3NC2=O)c(C)c1. The number of ether oxygens (including phenoxy) is 1. The van der Waals surface area contributed by atoms with E-state index < -0.39 is 17.9 Å². The molecule has 0 radical (unpaired) electrons. The molecular formula is C17H16N2O3. The number of hydrogen-bond acceptors (Lipinski definition) is 3. The summed E-state index contributed by atoms with van der Waals surface area (Å²) in [7, 11) is 0. The number of anilines is 2. The van der Waals surface area contributed by atoms with E-state index in [4.69, 9.17) is 4.74 Å². The van der Waals surface area contributed by atoms with Crippen LogP contribution in [0.1, 0.15) is 11.1 Å². The predicted molar refractivity (Wildman–Crippen MR) is 84.0 cm³/mol. The van der Waals surface area contributed by atoms with Crippen molar-refractivity contribution in [2.45, 2.75) is 20.0 Å². The van der Waals surface area contributed by atoms with Gasteiger partial charge in [-0.25, -0.2) is 0 Å². The highest BCUT2D eigenvalue weighted by Crippen LogP contribution is 2.29. The second-order valence-electron chi connectivity index (χ2n) is 5.29. The topological polar surface area (TPSA) is 67.4 Å². The Morgan fingerprint density at radius 2 is 1.95 bits per heavy atom. The third kappa shape index (κ3) is 2.65. The molecule has 0 unspecified atom stereocenters. The molecule has 5 heteroatoms. The van der Waals surface area contributed by atoms with Gasteiger partial charge in [-0.1, -0.05) is 29.8 Å². The van der Waals surface area contributed by atoms with Gasteiger partial charge in [0.2, 0.25) is 0 Å². The largest absolute Gasteiger partial charge is 0.468 e. The van der Waals surface area contributed by atoms with Gasteiger partial charge in [0.15, 0.2) is 0 Å². The lowest BCUT2D eigenvalue weighted by Gasteiger charge is -2.25. The molecule has 1 atom stereocenters. The van der Waals surface area contributed by atoms with Gasteiger partial charge >= 0.3 is 0 Å². The maximum atomic E-state index is 12.3. The maximum Gasteiger partial charge on any atom is 0.275 e. The van der Waals surface area contributed by atoms with E-state index in [0.29, 0.717) is 17.1 Å². The van der Waals surface area contributed by atoms with Crippen LogP contribution in [0.2, 0.25) is 0 Å². The summed E-state index contributed by atoms with van der Waals surface area (Å²) < 4.78 is 5.52. The smallest absolute Gasteiger partial charge is 0.275 e. The molecule has 0 spiro atoms. The monoisotopic (exact) mass is 296 g/mol. The number of amides is 2. The summed E-state index contributed by atoms with van der Waals surface area (Å²) in [5.41, 5.74) is 3.29. The molecule has 1 heterocycles. The van der Waals surface area contributed by atoms with Gasteiger partial charge in [0.05, 0.1) is 5.69 Å². The predicted octanol–water partition coefficient (Wildman–Crippen LogP) is 2.64. The molecule has 2 aromatic carbocycles. The van der Waals surface area contributed by atoms with Crippen molar-refractivity contribution < 1.29 is 14.3 Å². The van der Waals surface area contributed by atoms with Crippen molar-refractivity contribution in [3.05, 3.63) is 53.6 Å². The van der Waals surface area contributed by atoms with Gasteiger partial charge in [-0.15, -0.1) is 0 Å². The summed E-state index contributed by atoms with van der Waals surface area (Å²) in [6.45, 7) is 3.88. The van der Waals surface area contributed by atoms with Gasteiger partial charge in [-0.05, 0) is 37.6 Å². The molecule has 1 aliphatic rings. The minimum absolute atomic E-state index is 0.471. The van der Waals surface area contributed by atoms with Gasteiger partial charge in [-0.2, -0.15) is 0 Å². The second kappa shape index (κ2) is 5.52. The summed E-state index contributed by atoms with van der Waals surface area (Å²) in [5, 5.41) is 5.42. The molecule has 2 N–H and O–H groups in total. The number of fused-ring (bicyclic) bond motifs is 1. The van der Waals surface area contributed by atoms with E-state index in [0.717, 1.165) is 11.1 Å². The van der Waals surface area contributed by atoms with Gasteiger partial charge in [0.1, 0.15) is 5.75 Å². The second-order valence-corrected chi connectivity index (χ2v) is 5.29. The number of carbonyl (C=O) groups is 2. The van der Waals surface area contributed by atoms with E-state index in [1.807, 2.05) is 32.0 Å². The highest BCUT2D eigenvalue weighted by molar-refractivity contribution is 6.15. The van der Waals surface area contributed by atoms with Crippen molar-refractivity contribution in [1.29, 1.82) is 0 Å². The van der Waals surface area contributed by atoms with Crippen LogP contribution in [0.15, 0.2) is 42.5 Å². The van der Waals surface area contributed by atoms with Crippen LogP contribution >= 0.6 is 0 Å². The molecular weight excluding hydrogens is 280 g/mol. The third-order valence-corrected chi connectivity index (χ3v) is 3.51. The molecule has 5 nitrogen and oxygen atoms in total. The van der Waals surface area contributed by atoms with Crippen molar-refractivity contribution in [1.82, 2.24) is 0 Å². The van der Waals surface area contributed by atoms with Crippen LogP contribution in [0.4, 0.5) is 11.4 Å². The zero-order valence-electron chi connectivity index (χ0n) is 12.3. The molecule has 2 amide bonds. The average Bonchev–Trinajstić information content (AvgIpc) is 2.49. The van der Waals surface area contributed by atoms with Crippen molar-refractivity contribution in [2.75, 3.05) is 10.6 Å². The summed E-state index contributed by atoms with van der Waals surface area (Å²) in [6.07, 6.45) is -1.20. The summed E-state index contributed by atoms with van der Waals surface area (Å²) in [6, 6.07) is 12.7. The summed E-state index contributed by atoms with van der Waals surface area (Å²) in [4.78, 5) is 24.4. The highest BCUT2D eigenvalue weighted by Gasteiger charge is 2.33. The molecule has 0 bridgehead atoms. The molecule has 112 valence electrons. The highest BCUT2D eigenvalue weighted by atomic mass is 16.5. The van der Waals surface area contributed by atoms with Crippen LogP contribution in [-0.2, 0) is 9.59 Å². The Hall–Kier alpha value is -2.82. The van der Waals surface area contributed by atoms with Gasteiger partial charge in [0.25, 0.3) is 17.9 Å². The van der Waals surface area contributed by atoms with Crippen LogP contribution in [-0.4, -0.2) is 17.9 Å². The number of carbonyl (C=O) groups excluding carboxylic acids is 2. The molecule has 22 heavy (non-hydrogen) atoms. The van der Waals surface area contributed by atoms with Gasteiger partial charge in [-0.3, -0.25) is 9.59 Å². The van der Waals surface area contributed by atoms with E-state index in [1.165, 1.54) is 0 Å². The van der Waals surface area contributed by atoms with Crippen LogP contribution in [0.25, 0.3) is 0 Å². The number of nitrogens with one attached hydrogen (secondary N) is 2. The standard InChI is InChI=1S/C17H16N2O3/c1-10-7-8-12(11(2)9-10)18-16(20)15-17(21)19-13-5-3-4-6-14(13)22-15/h3-9,15H,1-2H3,(H,18,20)(H,19,21)/t15-/m1/s1. The van der Waals surface area contributed by atoms with Crippen LogP contribution < -0.4 is 15.4 Å². The van der Waals surface area contributed by atoms with E-state index in [9.17, 15) is 9.59 Å². The number of benzene rings is 2. The van der Waals surface area contributed by atoms with Crippen molar-refractivity contribution in [3.8, 4) is 5.75 Å². The first kappa shape index (κ1) is 14.1. The lowest BCUT2D eigenvalue weighted by Crippen LogP contribution is -2.45. The Morgan fingerprint density at radius 1 is 1.18 bits per heavy atom. The van der Waals surface area contributed by atoms with E-state index in [2.05, 4.69) is 10.6 Å². The van der Waals surface area contributed by atoms with Crippen molar-refractivity contribution in [2.24, 2.45) is 0 Å². The van der Waals surface area contributed by atoms with Crippen LogP contribution in [0, 0.1) is 13.8 Å². The fourth-order valence-electron chi connectivity index (χ4n) is 2.38. The first-order valence-corrected chi connectivity index (χ1v) is 6.99. The fourth-order valence-corrected chi connectivity index (χ4v) is 2.38. The van der Waals surface area contributed by atoms with Crippen molar-refractivity contribution >= 4 is 23.2 Å². The lowest BCUT2D eigenvalue weighted by atomic mass is 10.1. The molecule has 0 aliphatic carbocycles. The maximum absolute atomic E-state index is 12.3. The normalized spacial score (nSPS) is 16.3. The minimum Gasteiger partial charge on any atom is -0.468 e. The van der Waals surface area contributed by atoms with Crippen LogP contribution in [0.3, 0.4) is 0 Å². The minimum atomic E-state index is -1.20. The Balaban J connectivity index is 1.79. The van der Waals surface area contributed by atoms with Crippen LogP contribution in [0.5, 0.6) is 5.75 Å². The molecule has 0 saturated heterocycles. The number of hydrogen-bond donors (Lipinski definition) is 2. The first-order chi connectivity index (χ1) is 10.5. The summed E-state index contributed by atoms with van der Waals surface area (Å²) >= 11 is 0. The van der Waals surface area contributed by atoms with E-state index >= 15 is 0 Å². The number of aryl methyl sites for hydroxylation is 2. The molecule has 0 saturated carbocycles. The third-order valence-electron chi connectivity index (χ3n) is 3.51. The average molecular weight is 296 g/mol. The Bertz CT molecular complexity index is 755. The zero-order valence-corrected chi connectivity index (χ0v) is 12.3. The Morgan fingerprint density at radius 3 is 2.73 bits per heavy atom. The molecule has 0 aromatic heterocycles. The molecule has 0 fully saturated rings. The summed E-state index contributed by atoms with van der Waals surface area (Å²) in [5.74, 6) is -0.470. The number of rotatable bonds is 2. The lowest BCUT2D eigenvalue weighted by molar-refractivity contribution is -0.133. The van der Waals surface area contributed by atoms with Gasteiger partial charge in [0, 0.05) is 5.69 Å². The molecule has 3 rings (SSSR count). The van der Waals surface area contributed by atoms with E-state index in [-0.39, 0.29) is 0 Å². The van der Waals surface area contributed by atoms with Crippen molar-refractivity contribution in [3.63, 3.8) is 0 Å². The zero-order chi connectivity index (χ0) is 15.7. The molecule has 2 aromatic rings. The molecule has 1 aliphatic heterocycles. The van der Waals surface area contributed by atoms with Gasteiger partial charge < -0.3 is 15.4 Å². The first-order valence-electron chi connectivity index (χ1n) is 6.99.